The SMILES string of the molecule is CS(=O)(=O)CCN1CCN(C(=O)COc2ccc(-n3cnnn3)cc2)CC1. The van der Waals surface area contributed by atoms with Crippen LogP contribution >= 0.6 is 0 Å². The number of carbonyl (C=O) groups is 1. The first-order valence-electron chi connectivity index (χ1n) is 8.55. The molecule has 0 atom stereocenters. The lowest BCUT2D eigenvalue weighted by molar-refractivity contribution is -0.135. The predicted octanol–water partition coefficient (Wildman–Crippen LogP) is -0.770. The summed E-state index contributed by atoms with van der Waals surface area (Å²) in [5.74, 6) is 0.652. The monoisotopic (exact) mass is 394 g/mol. The number of tetrazole rings is 1. The Balaban J connectivity index is 1.42. The molecular weight excluding hydrogens is 372 g/mol. The molecule has 146 valence electrons. The molecule has 0 spiro atoms. The molecule has 2 heterocycles. The highest BCUT2D eigenvalue weighted by Crippen LogP contribution is 2.14. The number of carbonyl (C=O) groups excluding carboxylic acids is 1. The van der Waals surface area contributed by atoms with Crippen molar-refractivity contribution in [1.82, 2.24) is 30.0 Å². The molecule has 0 radical (unpaired) electrons. The van der Waals surface area contributed by atoms with Gasteiger partial charge in [0, 0.05) is 39.0 Å². The van der Waals surface area contributed by atoms with Gasteiger partial charge >= 0.3 is 0 Å². The maximum Gasteiger partial charge on any atom is 0.260 e. The van der Waals surface area contributed by atoms with Crippen molar-refractivity contribution in [2.75, 3.05) is 51.3 Å². The van der Waals surface area contributed by atoms with Gasteiger partial charge in [-0.15, -0.1) is 5.10 Å². The molecule has 0 unspecified atom stereocenters. The van der Waals surface area contributed by atoms with Crippen LogP contribution in [0.3, 0.4) is 0 Å². The highest BCUT2D eigenvalue weighted by atomic mass is 32.2. The summed E-state index contributed by atoms with van der Waals surface area (Å²) in [7, 11) is -2.96. The number of nitrogens with zero attached hydrogens (tertiary/aromatic N) is 6. The van der Waals surface area contributed by atoms with Gasteiger partial charge in [0.2, 0.25) is 0 Å². The molecule has 3 rings (SSSR count). The molecule has 27 heavy (non-hydrogen) atoms. The van der Waals surface area contributed by atoms with E-state index in [1.807, 2.05) is 0 Å². The predicted molar refractivity (Wildman–Crippen MR) is 97.4 cm³/mol. The number of hydrogen-bond donors (Lipinski definition) is 0. The Hall–Kier alpha value is -2.53. The highest BCUT2D eigenvalue weighted by molar-refractivity contribution is 7.90. The lowest BCUT2D eigenvalue weighted by atomic mass is 10.3. The smallest absolute Gasteiger partial charge is 0.260 e. The molecule has 1 aromatic carbocycles. The molecule has 11 heteroatoms. The topological polar surface area (TPSA) is 111 Å². The van der Waals surface area contributed by atoms with Gasteiger partial charge in [0.1, 0.15) is 21.9 Å². The van der Waals surface area contributed by atoms with E-state index in [0.717, 1.165) is 5.69 Å². The van der Waals surface area contributed by atoms with Crippen LogP contribution in [0.4, 0.5) is 0 Å². The van der Waals surface area contributed by atoms with Crippen LogP contribution < -0.4 is 4.74 Å². The van der Waals surface area contributed by atoms with Crippen LogP contribution in [0.2, 0.25) is 0 Å². The fourth-order valence-corrected chi connectivity index (χ4v) is 3.32. The van der Waals surface area contributed by atoms with Gasteiger partial charge < -0.3 is 9.64 Å². The summed E-state index contributed by atoms with van der Waals surface area (Å²) in [5.41, 5.74) is 0.795. The fraction of sp³-hybridized carbons (Fsp3) is 0.500. The fourth-order valence-electron chi connectivity index (χ4n) is 2.73. The van der Waals surface area contributed by atoms with Gasteiger partial charge in [-0.25, -0.2) is 13.1 Å². The van der Waals surface area contributed by atoms with E-state index in [1.54, 1.807) is 29.2 Å². The zero-order chi connectivity index (χ0) is 19.3. The standard InChI is InChI=1S/C16H22N6O4S/c1-27(24,25)11-10-20-6-8-21(9-7-20)16(23)12-26-15-4-2-14(3-5-15)22-13-17-18-19-22/h2-5,13H,6-12H2,1H3. The molecule has 1 aromatic heterocycles. The van der Waals surface area contributed by atoms with Crippen molar-refractivity contribution >= 4 is 15.7 Å². The second-order valence-corrected chi connectivity index (χ2v) is 8.65. The molecule has 1 aliphatic rings. The first-order valence-corrected chi connectivity index (χ1v) is 10.6. The molecular formula is C16H22N6O4S. The van der Waals surface area contributed by atoms with E-state index in [9.17, 15) is 13.2 Å². The summed E-state index contributed by atoms with van der Waals surface area (Å²) in [5, 5.41) is 11.0. The third-order valence-corrected chi connectivity index (χ3v) is 5.24. The second kappa shape index (κ2) is 8.44. The summed E-state index contributed by atoms with van der Waals surface area (Å²) < 4.78 is 29.6. The van der Waals surface area contributed by atoms with Gasteiger partial charge in [-0.3, -0.25) is 9.69 Å². The van der Waals surface area contributed by atoms with Crippen molar-refractivity contribution in [3.05, 3.63) is 30.6 Å². The first-order chi connectivity index (χ1) is 12.9. The molecule has 10 nitrogen and oxygen atoms in total. The Kier molecular flexibility index (Phi) is 6.01. The van der Waals surface area contributed by atoms with Crippen LogP contribution in [0.1, 0.15) is 0 Å². The minimum atomic E-state index is -2.96. The third-order valence-electron chi connectivity index (χ3n) is 4.32. The lowest BCUT2D eigenvalue weighted by Crippen LogP contribution is -2.50. The molecule has 1 fully saturated rings. The minimum Gasteiger partial charge on any atom is -0.484 e. The van der Waals surface area contributed by atoms with Gasteiger partial charge in [-0.05, 0) is 34.7 Å². The van der Waals surface area contributed by atoms with Crippen LogP contribution in [-0.4, -0.2) is 95.7 Å². The molecule has 1 saturated heterocycles. The molecule has 0 aliphatic carbocycles. The van der Waals surface area contributed by atoms with E-state index >= 15 is 0 Å². The Morgan fingerprint density at radius 1 is 1.15 bits per heavy atom. The molecule has 0 saturated carbocycles. The zero-order valence-corrected chi connectivity index (χ0v) is 15.9. The van der Waals surface area contributed by atoms with E-state index in [1.165, 1.54) is 17.3 Å². The maximum atomic E-state index is 12.3. The molecule has 1 aliphatic heterocycles. The number of hydrogen-bond acceptors (Lipinski definition) is 8. The van der Waals surface area contributed by atoms with Crippen molar-refractivity contribution in [1.29, 1.82) is 0 Å². The average Bonchev–Trinajstić information content (AvgIpc) is 3.19. The van der Waals surface area contributed by atoms with Gasteiger partial charge in [-0.1, -0.05) is 0 Å². The maximum absolute atomic E-state index is 12.3. The van der Waals surface area contributed by atoms with E-state index in [2.05, 4.69) is 20.4 Å². The van der Waals surface area contributed by atoms with E-state index in [4.69, 9.17) is 4.74 Å². The number of ether oxygens (including phenoxy) is 1. The Labute approximate surface area is 157 Å². The van der Waals surface area contributed by atoms with Crippen LogP contribution in [0, 0.1) is 0 Å². The summed E-state index contributed by atoms with van der Waals surface area (Å²) in [4.78, 5) is 16.1. The van der Waals surface area contributed by atoms with Crippen molar-refractivity contribution in [2.45, 2.75) is 0 Å². The highest BCUT2D eigenvalue weighted by Gasteiger charge is 2.21. The molecule has 1 amide bonds. The second-order valence-electron chi connectivity index (χ2n) is 6.39. The number of piperazine rings is 1. The molecule has 0 N–H and O–H groups in total. The largest absolute Gasteiger partial charge is 0.484 e. The number of aromatic nitrogens is 4. The Bertz CT molecular complexity index is 846. The normalized spacial score (nSPS) is 15.7. The van der Waals surface area contributed by atoms with E-state index < -0.39 is 9.84 Å². The van der Waals surface area contributed by atoms with Crippen molar-refractivity contribution < 1.29 is 17.9 Å². The van der Waals surface area contributed by atoms with Gasteiger partial charge in [0.05, 0.1) is 11.4 Å². The summed E-state index contributed by atoms with van der Waals surface area (Å²) >= 11 is 0. The molecule has 0 bridgehead atoms. The van der Waals surface area contributed by atoms with Crippen LogP contribution in [-0.2, 0) is 14.6 Å². The van der Waals surface area contributed by atoms with Gasteiger partial charge in [-0.2, -0.15) is 0 Å². The molecule has 2 aromatic rings. The van der Waals surface area contributed by atoms with E-state index in [-0.39, 0.29) is 18.3 Å². The first kappa shape index (κ1) is 19.2. The zero-order valence-electron chi connectivity index (χ0n) is 15.1. The lowest BCUT2D eigenvalue weighted by Gasteiger charge is -2.34. The van der Waals surface area contributed by atoms with Gasteiger partial charge in [0.25, 0.3) is 5.91 Å². The number of benzene rings is 1. The third kappa shape index (κ3) is 5.73. The minimum absolute atomic E-state index is 0.0342. The van der Waals surface area contributed by atoms with Crippen molar-refractivity contribution in [3.63, 3.8) is 0 Å². The van der Waals surface area contributed by atoms with Gasteiger partial charge in [0.15, 0.2) is 6.61 Å². The summed E-state index contributed by atoms with van der Waals surface area (Å²) in [6.07, 6.45) is 2.73. The van der Waals surface area contributed by atoms with Crippen molar-refractivity contribution in [3.8, 4) is 11.4 Å². The summed E-state index contributed by atoms with van der Waals surface area (Å²) in [6, 6.07) is 7.12. The number of sulfone groups is 1. The Morgan fingerprint density at radius 2 is 1.85 bits per heavy atom. The van der Waals surface area contributed by atoms with Crippen LogP contribution in [0.25, 0.3) is 5.69 Å². The summed E-state index contributed by atoms with van der Waals surface area (Å²) in [6.45, 7) is 2.96. The van der Waals surface area contributed by atoms with Crippen LogP contribution in [0.15, 0.2) is 30.6 Å². The quantitative estimate of drug-likeness (QED) is 0.602. The Morgan fingerprint density at radius 3 is 2.44 bits per heavy atom. The van der Waals surface area contributed by atoms with Crippen LogP contribution in [0.5, 0.6) is 5.75 Å². The average molecular weight is 394 g/mol. The van der Waals surface area contributed by atoms with E-state index in [0.29, 0.717) is 38.5 Å². The number of amides is 1. The number of rotatable bonds is 7. The van der Waals surface area contributed by atoms with Crippen molar-refractivity contribution in [2.24, 2.45) is 0 Å².